The molecule has 0 aliphatic carbocycles. The van der Waals surface area contributed by atoms with E-state index in [1.807, 2.05) is 28.8 Å². The minimum atomic E-state index is 0.548. The predicted octanol–water partition coefficient (Wildman–Crippen LogP) is 4.62. The van der Waals surface area contributed by atoms with Crippen molar-refractivity contribution < 1.29 is 4.74 Å². The number of imidazole rings is 1. The van der Waals surface area contributed by atoms with E-state index in [-0.39, 0.29) is 0 Å². The van der Waals surface area contributed by atoms with Gasteiger partial charge < -0.3 is 9.72 Å². The van der Waals surface area contributed by atoms with Gasteiger partial charge in [0, 0.05) is 15.0 Å². The molecular weight excluding hydrogens is 406 g/mol. The fourth-order valence-corrected chi connectivity index (χ4v) is 3.03. The van der Waals surface area contributed by atoms with Crippen LogP contribution in [0.3, 0.4) is 0 Å². The Balaban J connectivity index is 2.37. The molecule has 0 saturated carbocycles. The summed E-state index contributed by atoms with van der Waals surface area (Å²) in [7, 11) is 1.59. The molecular formula is C13H9Br2N3OS. The first-order valence-corrected chi connectivity index (χ1v) is 7.71. The van der Waals surface area contributed by atoms with E-state index in [1.165, 1.54) is 0 Å². The third-order valence-electron chi connectivity index (χ3n) is 2.86. The molecule has 1 aromatic carbocycles. The SMILES string of the molecule is COc1ccc2[nH]c(=S)n(-c3cc(Br)ccc3Br)c2n1. The average Bonchev–Trinajstić information content (AvgIpc) is 2.76. The summed E-state index contributed by atoms with van der Waals surface area (Å²) < 4.78 is 9.54. The van der Waals surface area contributed by atoms with Crippen LogP contribution in [0.4, 0.5) is 0 Å². The molecule has 4 nitrogen and oxygen atoms in total. The van der Waals surface area contributed by atoms with E-state index in [1.54, 1.807) is 13.2 Å². The van der Waals surface area contributed by atoms with Crippen LogP contribution in [0.2, 0.25) is 0 Å². The highest BCUT2D eigenvalue weighted by Crippen LogP contribution is 2.28. The van der Waals surface area contributed by atoms with E-state index in [4.69, 9.17) is 17.0 Å². The average molecular weight is 415 g/mol. The third-order valence-corrected chi connectivity index (χ3v) is 4.31. The number of nitrogens with one attached hydrogen (secondary N) is 1. The van der Waals surface area contributed by atoms with Gasteiger partial charge in [-0.15, -0.1) is 0 Å². The number of aromatic amines is 1. The van der Waals surface area contributed by atoms with Gasteiger partial charge in [-0.05, 0) is 52.4 Å². The molecule has 0 spiro atoms. The van der Waals surface area contributed by atoms with Crippen molar-refractivity contribution in [1.82, 2.24) is 14.5 Å². The van der Waals surface area contributed by atoms with Crippen LogP contribution in [0.5, 0.6) is 5.88 Å². The summed E-state index contributed by atoms with van der Waals surface area (Å²) in [6.07, 6.45) is 0. The first kappa shape index (κ1) is 13.8. The number of fused-ring (bicyclic) bond motifs is 1. The summed E-state index contributed by atoms with van der Waals surface area (Å²) in [5.74, 6) is 0.548. The molecule has 20 heavy (non-hydrogen) atoms. The number of H-pyrrole nitrogens is 1. The number of hydrogen-bond acceptors (Lipinski definition) is 3. The van der Waals surface area contributed by atoms with Gasteiger partial charge in [-0.25, -0.2) is 0 Å². The van der Waals surface area contributed by atoms with E-state index in [0.29, 0.717) is 10.7 Å². The van der Waals surface area contributed by atoms with Crippen LogP contribution in [0.1, 0.15) is 0 Å². The van der Waals surface area contributed by atoms with Crippen molar-refractivity contribution in [2.75, 3.05) is 7.11 Å². The first-order chi connectivity index (χ1) is 9.60. The van der Waals surface area contributed by atoms with Crippen molar-refractivity contribution in [3.8, 4) is 11.6 Å². The third kappa shape index (κ3) is 2.30. The Kier molecular flexibility index (Phi) is 3.66. The van der Waals surface area contributed by atoms with Crippen molar-refractivity contribution in [3.63, 3.8) is 0 Å². The fraction of sp³-hybridized carbons (Fsp3) is 0.0769. The molecule has 0 amide bonds. The van der Waals surface area contributed by atoms with Gasteiger partial charge in [0.25, 0.3) is 0 Å². The summed E-state index contributed by atoms with van der Waals surface area (Å²) in [4.78, 5) is 7.62. The number of ether oxygens (including phenoxy) is 1. The Hall–Kier alpha value is -1.18. The van der Waals surface area contributed by atoms with E-state index < -0.39 is 0 Å². The number of nitrogens with zero attached hydrogens (tertiary/aromatic N) is 2. The standard InChI is InChI=1S/C13H9Br2N3OS/c1-19-11-5-4-9-12(17-11)18(13(20)16-9)10-6-7(14)2-3-8(10)15/h2-6H,1H3,(H,16,20). The monoisotopic (exact) mass is 413 g/mol. The molecule has 0 radical (unpaired) electrons. The topological polar surface area (TPSA) is 42.8 Å². The Bertz CT molecular complexity index is 856. The van der Waals surface area contributed by atoms with Gasteiger partial charge >= 0.3 is 0 Å². The second kappa shape index (κ2) is 5.31. The summed E-state index contributed by atoms with van der Waals surface area (Å²) in [6.45, 7) is 0. The Morgan fingerprint density at radius 2 is 2.05 bits per heavy atom. The number of pyridine rings is 1. The lowest BCUT2D eigenvalue weighted by Gasteiger charge is -2.08. The van der Waals surface area contributed by atoms with Gasteiger partial charge in [0.05, 0.1) is 18.3 Å². The van der Waals surface area contributed by atoms with Crippen LogP contribution in [0, 0.1) is 4.77 Å². The van der Waals surface area contributed by atoms with E-state index in [2.05, 4.69) is 41.8 Å². The zero-order valence-electron chi connectivity index (χ0n) is 10.4. The lowest BCUT2D eigenvalue weighted by molar-refractivity contribution is 0.399. The molecule has 0 fully saturated rings. The molecule has 0 saturated heterocycles. The largest absolute Gasteiger partial charge is 0.481 e. The maximum atomic E-state index is 5.41. The maximum Gasteiger partial charge on any atom is 0.215 e. The smallest absolute Gasteiger partial charge is 0.215 e. The van der Waals surface area contributed by atoms with E-state index in [0.717, 1.165) is 25.8 Å². The molecule has 0 unspecified atom stereocenters. The number of halogens is 2. The highest BCUT2D eigenvalue weighted by molar-refractivity contribution is 9.11. The van der Waals surface area contributed by atoms with Gasteiger partial charge in [0.2, 0.25) is 5.88 Å². The number of methoxy groups -OCH3 is 1. The molecule has 3 aromatic rings. The highest BCUT2D eigenvalue weighted by atomic mass is 79.9. The number of aromatic nitrogens is 3. The summed E-state index contributed by atoms with van der Waals surface area (Å²) in [6, 6.07) is 9.60. The molecule has 0 aliphatic rings. The molecule has 0 bridgehead atoms. The van der Waals surface area contributed by atoms with Crippen molar-refractivity contribution in [1.29, 1.82) is 0 Å². The zero-order chi connectivity index (χ0) is 14.3. The second-order valence-corrected chi connectivity index (χ2v) is 6.24. The Morgan fingerprint density at radius 1 is 1.25 bits per heavy atom. The zero-order valence-corrected chi connectivity index (χ0v) is 14.3. The second-order valence-electron chi connectivity index (χ2n) is 4.09. The van der Waals surface area contributed by atoms with Crippen LogP contribution >= 0.6 is 44.1 Å². The van der Waals surface area contributed by atoms with E-state index >= 15 is 0 Å². The molecule has 0 aliphatic heterocycles. The normalized spacial score (nSPS) is 10.9. The van der Waals surface area contributed by atoms with Crippen LogP contribution in [-0.4, -0.2) is 21.6 Å². The molecule has 7 heteroatoms. The van der Waals surface area contributed by atoms with Gasteiger partial charge in [-0.3, -0.25) is 4.57 Å². The summed E-state index contributed by atoms with van der Waals surface area (Å²) in [5.41, 5.74) is 2.51. The predicted molar refractivity (Wildman–Crippen MR) is 88.2 cm³/mol. The van der Waals surface area contributed by atoms with Crippen LogP contribution in [0.15, 0.2) is 39.3 Å². The Morgan fingerprint density at radius 3 is 2.80 bits per heavy atom. The summed E-state index contributed by atoms with van der Waals surface area (Å²) >= 11 is 12.4. The van der Waals surface area contributed by atoms with Crippen molar-refractivity contribution in [2.24, 2.45) is 0 Å². The minimum absolute atomic E-state index is 0.548. The number of rotatable bonds is 2. The van der Waals surface area contributed by atoms with Crippen LogP contribution < -0.4 is 4.74 Å². The number of hydrogen-bond donors (Lipinski definition) is 1. The quantitative estimate of drug-likeness (QED) is 0.622. The van der Waals surface area contributed by atoms with Gasteiger partial charge in [0.15, 0.2) is 10.4 Å². The Labute approximate surface area is 137 Å². The van der Waals surface area contributed by atoms with E-state index in [9.17, 15) is 0 Å². The molecule has 2 aromatic heterocycles. The number of benzene rings is 1. The van der Waals surface area contributed by atoms with Crippen molar-refractivity contribution in [3.05, 3.63) is 44.0 Å². The minimum Gasteiger partial charge on any atom is -0.481 e. The molecule has 1 N–H and O–H groups in total. The molecule has 0 atom stereocenters. The lowest BCUT2D eigenvalue weighted by Crippen LogP contribution is -1.98. The van der Waals surface area contributed by atoms with Crippen molar-refractivity contribution in [2.45, 2.75) is 0 Å². The molecule has 3 rings (SSSR count). The highest BCUT2D eigenvalue weighted by Gasteiger charge is 2.12. The maximum absolute atomic E-state index is 5.41. The van der Waals surface area contributed by atoms with Crippen LogP contribution in [0.25, 0.3) is 16.9 Å². The van der Waals surface area contributed by atoms with Gasteiger partial charge in [-0.1, -0.05) is 15.9 Å². The first-order valence-electron chi connectivity index (χ1n) is 5.71. The summed E-state index contributed by atoms with van der Waals surface area (Å²) in [5, 5.41) is 0. The lowest BCUT2D eigenvalue weighted by atomic mass is 10.3. The van der Waals surface area contributed by atoms with Gasteiger partial charge in [-0.2, -0.15) is 4.98 Å². The molecule has 102 valence electrons. The fourth-order valence-electron chi connectivity index (χ4n) is 1.96. The van der Waals surface area contributed by atoms with Crippen molar-refractivity contribution >= 4 is 55.2 Å². The van der Waals surface area contributed by atoms with Gasteiger partial charge in [0.1, 0.15) is 0 Å². The van der Waals surface area contributed by atoms with Crippen LogP contribution in [-0.2, 0) is 0 Å². The molecule has 2 heterocycles.